The van der Waals surface area contributed by atoms with E-state index in [9.17, 15) is 4.79 Å². The van der Waals surface area contributed by atoms with Gasteiger partial charge in [-0.15, -0.1) is 0 Å². The number of halogens is 2. The molecule has 114 valence electrons. The second-order valence-electron chi connectivity index (χ2n) is 4.68. The molecule has 0 spiro atoms. The number of carbonyl (C=O) groups is 1. The molecule has 2 aromatic carbocycles. The minimum absolute atomic E-state index is 0.0520. The molecule has 2 aromatic rings. The Balaban J connectivity index is 1.62. The first-order valence-electron chi connectivity index (χ1n) is 6.62. The van der Waals surface area contributed by atoms with E-state index in [4.69, 9.17) is 37.4 Å². The predicted octanol–water partition coefficient (Wildman–Crippen LogP) is 4.01. The van der Waals surface area contributed by atoms with Crippen LogP contribution in [0, 0.1) is 0 Å². The number of cyclic esters (lactones) is 1. The Morgan fingerprint density at radius 1 is 1.09 bits per heavy atom. The molecule has 2 unspecified atom stereocenters. The van der Waals surface area contributed by atoms with E-state index in [1.165, 1.54) is 0 Å². The minimum Gasteiger partial charge on any atom is -0.485 e. The predicted molar refractivity (Wildman–Crippen MR) is 82.1 cm³/mol. The second-order valence-corrected chi connectivity index (χ2v) is 5.52. The fourth-order valence-electron chi connectivity index (χ4n) is 2.09. The summed E-state index contributed by atoms with van der Waals surface area (Å²) in [6.07, 6.45) is -1.50. The van der Waals surface area contributed by atoms with Gasteiger partial charge in [0.05, 0.1) is 5.02 Å². The second kappa shape index (κ2) is 6.57. The molecule has 1 heterocycles. The molecule has 0 saturated carbocycles. The molecule has 4 nitrogen and oxygen atoms in total. The number of hydrogen-bond acceptors (Lipinski definition) is 4. The number of benzene rings is 2. The zero-order valence-electron chi connectivity index (χ0n) is 11.4. The van der Waals surface area contributed by atoms with Crippen LogP contribution in [-0.2, 0) is 14.3 Å². The molecule has 1 aliphatic heterocycles. The first kappa shape index (κ1) is 15.2. The molecule has 2 atom stereocenters. The third-order valence-corrected chi connectivity index (χ3v) is 3.65. The van der Waals surface area contributed by atoms with E-state index in [1.807, 2.05) is 30.3 Å². The molecular formula is C16H12Cl2O4. The van der Waals surface area contributed by atoms with Crippen molar-refractivity contribution in [2.45, 2.75) is 12.4 Å². The lowest BCUT2D eigenvalue weighted by Gasteiger charge is -2.12. The van der Waals surface area contributed by atoms with Crippen molar-refractivity contribution in [2.24, 2.45) is 0 Å². The maximum atomic E-state index is 11.9. The van der Waals surface area contributed by atoms with E-state index >= 15 is 0 Å². The summed E-state index contributed by atoms with van der Waals surface area (Å²) < 4.78 is 16.3. The van der Waals surface area contributed by atoms with Crippen molar-refractivity contribution in [1.29, 1.82) is 0 Å². The molecule has 0 aliphatic carbocycles. The Labute approximate surface area is 137 Å². The fourth-order valence-corrected chi connectivity index (χ4v) is 2.56. The summed E-state index contributed by atoms with van der Waals surface area (Å²) in [6, 6.07) is 14.1. The standard InChI is InChI=1S/C16H12Cl2O4/c17-11-6-7-13(12(18)8-11)20-9-14-21-15(16(19)22-14)10-4-2-1-3-5-10/h1-8,14-15H,9H2. The van der Waals surface area contributed by atoms with Gasteiger partial charge in [-0.1, -0.05) is 53.5 Å². The van der Waals surface area contributed by atoms with Crippen LogP contribution in [0.1, 0.15) is 11.7 Å². The lowest BCUT2D eigenvalue weighted by molar-refractivity contribution is -0.145. The van der Waals surface area contributed by atoms with Gasteiger partial charge in [0.15, 0.2) is 12.7 Å². The highest BCUT2D eigenvalue weighted by Gasteiger charge is 2.36. The van der Waals surface area contributed by atoms with E-state index in [2.05, 4.69) is 0 Å². The number of rotatable bonds is 4. The summed E-state index contributed by atoms with van der Waals surface area (Å²) in [5.74, 6) is 0.0240. The van der Waals surface area contributed by atoms with E-state index in [0.29, 0.717) is 15.8 Å². The Kier molecular flexibility index (Phi) is 4.52. The molecule has 1 fully saturated rings. The monoisotopic (exact) mass is 338 g/mol. The number of hydrogen-bond donors (Lipinski definition) is 0. The quantitative estimate of drug-likeness (QED) is 0.790. The minimum atomic E-state index is -0.774. The molecule has 0 radical (unpaired) electrons. The average molecular weight is 339 g/mol. The molecule has 0 N–H and O–H groups in total. The fraction of sp³-hybridized carbons (Fsp3) is 0.188. The topological polar surface area (TPSA) is 44.8 Å². The zero-order valence-corrected chi connectivity index (χ0v) is 12.9. The highest BCUT2D eigenvalue weighted by Crippen LogP contribution is 2.30. The SMILES string of the molecule is O=C1OC(COc2ccc(Cl)cc2Cl)OC1c1ccccc1. The van der Waals surface area contributed by atoms with Crippen molar-refractivity contribution in [1.82, 2.24) is 0 Å². The van der Waals surface area contributed by atoms with Crippen LogP contribution in [0.3, 0.4) is 0 Å². The van der Waals surface area contributed by atoms with Crippen molar-refractivity contribution in [2.75, 3.05) is 6.61 Å². The summed E-state index contributed by atoms with van der Waals surface area (Å²) in [5.41, 5.74) is 0.750. The van der Waals surface area contributed by atoms with Crippen molar-refractivity contribution in [3.8, 4) is 5.75 Å². The molecule has 0 aromatic heterocycles. The van der Waals surface area contributed by atoms with Gasteiger partial charge in [-0.05, 0) is 23.8 Å². The van der Waals surface area contributed by atoms with Crippen molar-refractivity contribution in [3.05, 3.63) is 64.1 Å². The van der Waals surface area contributed by atoms with Crippen LogP contribution >= 0.6 is 23.2 Å². The van der Waals surface area contributed by atoms with Gasteiger partial charge in [-0.2, -0.15) is 0 Å². The van der Waals surface area contributed by atoms with Crippen LogP contribution in [0.4, 0.5) is 0 Å². The van der Waals surface area contributed by atoms with Gasteiger partial charge in [-0.3, -0.25) is 0 Å². The average Bonchev–Trinajstić information content (AvgIpc) is 2.88. The van der Waals surface area contributed by atoms with Crippen LogP contribution in [0.25, 0.3) is 0 Å². The Hall–Kier alpha value is -1.75. The van der Waals surface area contributed by atoms with Gasteiger partial charge in [0.25, 0.3) is 0 Å². The largest absolute Gasteiger partial charge is 0.485 e. The van der Waals surface area contributed by atoms with E-state index < -0.39 is 18.4 Å². The number of carbonyl (C=O) groups excluding carboxylic acids is 1. The van der Waals surface area contributed by atoms with Crippen LogP contribution in [-0.4, -0.2) is 18.9 Å². The Morgan fingerprint density at radius 2 is 1.86 bits per heavy atom. The smallest absolute Gasteiger partial charge is 0.342 e. The molecule has 22 heavy (non-hydrogen) atoms. The summed E-state index contributed by atoms with van der Waals surface area (Å²) in [4.78, 5) is 11.9. The summed E-state index contributed by atoms with van der Waals surface area (Å²) in [7, 11) is 0. The van der Waals surface area contributed by atoms with Crippen molar-refractivity contribution < 1.29 is 19.0 Å². The van der Waals surface area contributed by atoms with Crippen LogP contribution in [0.5, 0.6) is 5.75 Å². The van der Waals surface area contributed by atoms with Crippen LogP contribution in [0.15, 0.2) is 48.5 Å². The first-order valence-corrected chi connectivity index (χ1v) is 7.38. The molecule has 1 aliphatic rings. The normalized spacial score (nSPS) is 20.7. The summed E-state index contributed by atoms with van der Waals surface area (Å²) in [6.45, 7) is 0.0520. The maximum absolute atomic E-state index is 11.9. The number of esters is 1. The lowest BCUT2D eigenvalue weighted by atomic mass is 10.1. The van der Waals surface area contributed by atoms with Gasteiger partial charge in [0.1, 0.15) is 5.75 Å². The van der Waals surface area contributed by atoms with Gasteiger partial charge in [-0.25, -0.2) is 4.79 Å². The lowest BCUT2D eigenvalue weighted by Crippen LogP contribution is -2.19. The van der Waals surface area contributed by atoms with Gasteiger partial charge in [0, 0.05) is 5.02 Å². The third kappa shape index (κ3) is 3.35. The Bertz CT molecular complexity index is 675. The summed E-state index contributed by atoms with van der Waals surface area (Å²) >= 11 is 11.8. The van der Waals surface area contributed by atoms with E-state index in [-0.39, 0.29) is 6.61 Å². The van der Waals surface area contributed by atoms with Crippen molar-refractivity contribution >= 4 is 29.2 Å². The van der Waals surface area contributed by atoms with E-state index in [0.717, 1.165) is 5.56 Å². The molecule has 0 bridgehead atoms. The first-order chi connectivity index (χ1) is 10.6. The molecule has 1 saturated heterocycles. The van der Waals surface area contributed by atoms with Gasteiger partial charge >= 0.3 is 5.97 Å². The maximum Gasteiger partial charge on any atom is 0.342 e. The molecule has 3 rings (SSSR count). The number of ether oxygens (including phenoxy) is 3. The molecular weight excluding hydrogens is 327 g/mol. The van der Waals surface area contributed by atoms with Crippen molar-refractivity contribution in [3.63, 3.8) is 0 Å². The van der Waals surface area contributed by atoms with Crippen LogP contribution < -0.4 is 4.74 Å². The third-order valence-electron chi connectivity index (χ3n) is 3.12. The Morgan fingerprint density at radius 3 is 2.59 bits per heavy atom. The highest BCUT2D eigenvalue weighted by atomic mass is 35.5. The van der Waals surface area contributed by atoms with Gasteiger partial charge < -0.3 is 14.2 Å². The van der Waals surface area contributed by atoms with Crippen LogP contribution in [0.2, 0.25) is 10.0 Å². The molecule has 0 amide bonds. The highest BCUT2D eigenvalue weighted by molar-refractivity contribution is 6.35. The molecule has 6 heteroatoms. The zero-order chi connectivity index (χ0) is 15.5. The van der Waals surface area contributed by atoms with E-state index in [1.54, 1.807) is 18.2 Å². The van der Waals surface area contributed by atoms with Gasteiger partial charge in [0.2, 0.25) is 6.29 Å². The summed E-state index contributed by atoms with van der Waals surface area (Å²) in [5, 5.41) is 0.904.